The van der Waals surface area contributed by atoms with Crippen molar-refractivity contribution >= 4 is 40.6 Å². The van der Waals surface area contributed by atoms with Gasteiger partial charge in [-0.05, 0) is 42.5 Å². The lowest BCUT2D eigenvalue weighted by molar-refractivity contribution is -0.113. The minimum Gasteiger partial charge on any atom is -0.495 e. The second-order valence-corrected chi connectivity index (χ2v) is 5.71. The van der Waals surface area contributed by atoms with Gasteiger partial charge in [0.1, 0.15) is 5.75 Å². The maximum absolute atomic E-state index is 11.9. The quantitative estimate of drug-likeness (QED) is 0.651. The van der Waals surface area contributed by atoms with Crippen LogP contribution in [0.5, 0.6) is 5.75 Å². The van der Waals surface area contributed by atoms with Crippen LogP contribution in [-0.2, 0) is 4.79 Å². The molecule has 6 heteroatoms. The average molecular weight is 323 g/mol. The molecule has 0 aliphatic heterocycles. The molecule has 3 N–H and O–H groups in total. The maximum Gasteiger partial charge on any atom is 0.234 e. The van der Waals surface area contributed by atoms with Crippen molar-refractivity contribution in [3.05, 3.63) is 47.5 Å². The van der Waals surface area contributed by atoms with E-state index in [1.165, 1.54) is 11.8 Å². The molecule has 110 valence electrons. The molecule has 0 unspecified atom stereocenters. The summed E-state index contributed by atoms with van der Waals surface area (Å²) in [7, 11) is 1.54. The third-order valence-electron chi connectivity index (χ3n) is 2.69. The van der Waals surface area contributed by atoms with Crippen LogP contribution in [0.15, 0.2) is 47.4 Å². The monoisotopic (exact) mass is 322 g/mol. The van der Waals surface area contributed by atoms with E-state index in [2.05, 4.69) is 5.32 Å². The highest BCUT2D eigenvalue weighted by Crippen LogP contribution is 2.27. The van der Waals surface area contributed by atoms with E-state index >= 15 is 0 Å². The van der Waals surface area contributed by atoms with Crippen LogP contribution < -0.4 is 15.8 Å². The van der Waals surface area contributed by atoms with Crippen LogP contribution in [0.1, 0.15) is 0 Å². The van der Waals surface area contributed by atoms with E-state index in [1.54, 1.807) is 25.3 Å². The van der Waals surface area contributed by atoms with Crippen LogP contribution in [0.4, 0.5) is 11.4 Å². The summed E-state index contributed by atoms with van der Waals surface area (Å²) in [5.74, 6) is 0.789. The Kier molecular flexibility index (Phi) is 5.36. The Labute approximate surface area is 132 Å². The highest BCUT2D eigenvalue weighted by molar-refractivity contribution is 8.00. The first-order valence-corrected chi connectivity index (χ1v) is 7.56. The number of nitrogen functional groups attached to an aromatic ring is 1. The van der Waals surface area contributed by atoms with Crippen molar-refractivity contribution in [1.29, 1.82) is 0 Å². The fraction of sp³-hybridized carbons (Fsp3) is 0.133. The van der Waals surface area contributed by atoms with E-state index in [0.29, 0.717) is 27.9 Å². The van der Waals surface area contributed by atoms with Gasteiger partial charge < -0.3 is 15.8 Å². The SMILES string of the molecule is COc1ccc(NC(=O)CSc2ccc(N)cc2)cc1Cl. The lowest BCUT2D eigenvalue weighted by Crippen LogP contribution is -2.13. The van der Waals surface area contributed by atoms with Gasteiger partial charge in [-0.25, -0.2) is 0 Å². The minimum absolute atomic E-state index is 0.0990. The Hall–Kier alpha value is -1.85. The van der Waals surface area contributed by atoms with Crippen LogP contribution in [0.2, 0.25) is 5.02 Å². The summed E-state index contributed by atoms with van der Waals surface area (Å²) in [6.07, 6.45) is 0. The number of carbonyl (C=O) groups is 1. The normalized spacial score (nSPS) is 10.2. The highest BCUT2D eigenvalue weighted by Gasteiger charge is 2.06. The summed E-state index contributed by atoms with van der Waals surface area (Å²) in [5.41, 5.74) is 6.96. The standard InChI is InChI=1S/C15H15ClN2O2S/c1-20-14-7-4-11(8-13(14)16)18-15(19)9-21-12-5-2-10(17)3-6-12/h2-8H,9,17H2,1H3,(H,18,19). The fourth-order valence-electron chi connectivity index (χ4n) is 1.65. The number of ether oxygens (including phenoxy) is 1. The zero-order valence-corrected chi connectivity index (χ0v) is 13.0. The molecule has 2 rings (SSSR count). The van der Waals surface area contributed by atoms with Gasteiger partial charge in [0.2, 0.25) is 5.91 Å². The van der Waals surface area contributed by atoms with Crippen molar-refractivity contribution in [3.63, 3.8) is 0 Å². The molecule has 1 amide bonds. The Morgan fingerprint density at radius 2 is 2.00 bits per heavy atom. The lowest BCUT2D eigenvalue weighted by atomic mass is 10.3. The molecule has 0 spiro atoms. The minimum atomic E-state index is -0.0990. The largest absolute Gasteiger partial charge is 0.495 e. The molecular formula is C15H15ClN2O2S. The molecule has 2 aromatic rings. The Bertz CT molecular complexity index is 632. The Morgan fingerprint density at radius 3 is 2.62 bits per heavy atom. The van der Waals surface area contributed by atoms with Gasteiger partial charge in [0.25, 0.3) is 0 Å². The van der Waals surface area contributed by atoms with Crippen LogP contribution >= 0.6 is 23.4 Å². The van der Waals surface area contributed by atoms with Gasteiger partial charge in [0.15, 0.2) is 0 Å². The number of methoxy groups -OCH3 is 1. The van der Waals surface area contributed by atoms with Crippen molar-refractivity contribution < 1.29 is 9.53 Å². The Balaban J connectivity index is 1.89. The smallest absolute Gasteiger partial charge is 0.234 e. The zero-order valence-electron chi connectivity index (χ0n) is 11.4. The average Bonchev–Trinajstić information content (AvgIpc) is 2.47. The van der Waals surface area contributed by atoms with Crippen molar-refractivity contribution in [3.8, 4) is 5.75 Å². The van der Waals surface area contributed by atoms with Crippen LogP contribution in [0.3, 0.4) is 0 Å². The first kappa shape index (κ1) is 15.5. The Morgan fingerprint density at radius 1 is 1.29 bits per heavy atom. The number of amides is 1. The van der Waals surface area contributed by atoms with E-state index in [9.17, 15) is 4.79 Å². The molecule has 0 fully saturated rings. The van der Waals surface area contributed by atoms with Gasteiger partial charge in [0, 0.05) is 16.3 Å². The van der Waals surface area contributed by atoms with E-state index in [-0.39, 0.29) is 5.91 Å². The predicted molar refractivity (Wildman–Crippen MR) is 88.2 cm³/mol. The van der Waals surface area contributed by atoms with E-state index < -0.39 is 0 Å². The third-order valence-corrected chi connectivity index (χ3v) is 3.99. The molecule has 0 aromatic heterocycles. The third kappa shape index (κ3) is 4.58. The molecule has 4 nitrogen and oxygen atoms in total. The van der Waals surface area contributed by atoms with Crippen molar-refractivity contribution in [2.45, 2.75) is 4.90 Å². The molecule has 2 aromatic carbocycles. The second-order valence-electron chi connectivity index (χ2n) is 4.26. The number of hydrogen-bond donors (Lipinski definition) is 2. The molecular weight excluding hydrogens is 308 g/mol. The van der Waals surface area contributed by atoms with Crippen LogP contribution in [0, 0.1) is 0 Å². The van der Waals surface area contributed by atoms with Crippen LogP contribution in [-0.4, -0.2) is 18.8 Å². The summed E-state index contributed by atoms with van der Waals surface area (Å²) in [4.78, 5) is 12.9. The van der Waals surface area contributed by atoms with Gasteiger partial charge >= 0.3 is 0 Å². The number of anilines is 2. The zero-order chi connectivity index (χ0) is 15.2. The molecule has 0 radical (unpaired) electrons. The summed E-state index contributed by atoms with van der Waals surface area (Å²) in [5, 5.41) is 3.25. The number of thioether (sulfide) groups is 1. The molecule has 0 aliphatic carbocycles. The molecule has 0 saturated carbocycles. The summed E-state index contributed by atoms with van der Waals surface area (Å²) >= 11 is 7.45. The number of rotatable bonds is 5. The van der Waals surface area contributed by atoms with Gasteiger partial charge in [-0.2, -0.15) is 0 Å². The molecule has 0 heterocycles. The van der Waals surface area contributed by atoms with E-state index in [0.717, 1.165) is 4.90 Å². The second kappa shape index (κ2) is 7.24. The predicted octanol–water partition coefficient (Wildman–Crippen LogP) is 3.66. The number of hydrogen-bond acceptors (Lipinski definition) is 4. The van der Waals surface area contributed by atoms with Gasteiger partial charge in [-0.1, -0.05) is 11.6 Å². The molecule has 0 atom stereocenters. The molecule has 0 saturated heterocycles. The first-order chi connectivity index (χ1) is 10.1. The molecule has 0 bridgehead atoms. The molecule has 0 aliphatic rings. The highest BCUT2D eigenvalue weighted by atomic mass is 35.5. The first-order valence-electron chi connectivity index (χ1n) is 6.20. The van der Waals surface area contributed by atoms with Crippen molar-refractivity contribution in [2.24, 2.45) is 0 Å². The van der Waals surface area contributed by atoms with E-state index in [4.69, 9.17) is 22.1 Å². The van der Waals surface area contributed by atoms with E-state index in [1.807, 2.05) is 24.3 Å². The van der Waals surface area contributed by atoms with Gasteiger partial charge in [-0.3, -0.25) is 4.79 Å². The molecule has 21 heavy (non-hydrogen) atoms. The maximum atomic E-state index is 11.9. The van der Waals surface area contributed by atoms with Gasteiger partial charge in [-0.15, -0.1) is 11.8 Å². The van der Waals surface area contributed by atoms with Gasteiger partial charge in [0.05, 0.1) is 17.9 Å². The topological polar surface area (TPSA) is 64.3 Å². The van der Waals surface area contributed by atoms with Crippen LogP contribution in [0.25, 0.3) is 0 Å². The number of benzene rings is 2. The summed E-state index contributed by atoms with van der Waals surface area (Å²) in [6, 6.07) is 12.5. The number of nitrogens with one attached hydrogen (secondary N) is 1. The number of carbonyl (C=O) groups excluding carboxylic acids is 1. The number of nitrogens with two attached hydrogens (primary N) is 1. The fourth-order valence-corrected chi connectivity index (χ4v) is 2.61. The summed E-state index contributed by atoms with van der Waals surface area (Å²) < 4.78 is 5.06. The summed E-state index contributed by atoms with van der Waals surface area (Å²) in [6.45, 7) is 0. The van der Waals surface area contributed by atoms with Crippen molar-refractivity contribution in [1.82, 2.24) is 0 Å². The van der Waals surface area contributed by atoms with Crippen molar-refractivity contribution in [2.75, 3.05) is 23.9 Å². The lowest BCUT2D eigenvalue weighted by Gasteiger charge is -2.08. The number of halogens is 1.